The third-order valence-electron chi connectivity index (χ3n) is 4.89. The van der Waals surface area contributed by atoms with E-state index in [1.807, 2.05) is 24.3 Å². The predicted octanol–water partition coefficient (Wildman–Crippen LogP) is 3.33. The lowest BCUT2D eigenvalue weighted by Gasteiger charge is -2.11. The molecule has 2 heterocycles. The topological polar surface area (TPSA) is 80.9 Å². The summed E-state index contributed by atoms with van der Waals surface area (Å²) in [5.41, 5.74) is 4.30. The van der Waals surface area contributed by atoms with Gasteiger partial charge in [0.2, 0.25) is 12.7 Å². The molecule has 0 unspecified atom stereocenters. The number of ether oxygens (including phenoxy) is 2. The zero-order valence-electron chi connectivity index (χ0n) is 17.3. The van der Waals surface area contributed by atoms with Gasteiger partial charge in [-0.25, -0.2) is 4.98 Å². The molecule has 0 aliphatic carbocycles. The van der Waals surface area contributed by atoms with Crippen molar-refractivity contribution in [3.63, 3.8) is 0 Å². The SMILES string of the molecule is CN=C(NCCc1ccc2c(c1)OCO2)NCCc1coc(-c2ccc(C)cc2)n1. The average molecular weight is 406 g/mol. The largest absolute Gasteiger partial charge is 0.454 e. The first-order valence-electron chi connectivity index (χ1n) is 10.1. The molecular weight excluding hydrogens is 380 g/mol. The van der Waals surface area contributed by atoms with Crippen LogP contribution in [-0.2, 0) is 12.8 Å². The van der Waals surface area contributed by atoms with Crippen LogP contribution in [0.3, 0.4) is 0 Å². The van der Waals surface area contributed by atoms with Gasteiger partial charge < -0.3 is 24.5 Å². The molecule has 2 N–H and O–H groups in total. The number of nitrogens with one attached hydrogen (secondary N) is 2. The summed E-state index contributed by atoms with van der Waals surface area (Å²) in [5.74, 6) is 3.03. The van der Waals surface area contributed by atoms with Crippen LogP contribution in [0.4, 0.5) is 0 Å². The highest BCUT2D eigenvalue weighted by atomic mass is 16.7. The van der Waals surface area contributed by atoms with Gasteiger partial charge in [0.05, 0.1) is 5.69 Å². The van der Waals surface area contributed by atoms with Gasteiger partial charge in [0.1, 0.15) is 6.26 Å². The summed E-state index contributed by atoms with van der Waals surface area (Å²) < 4.78 is 16.4. The lowest BCUT2D eigenvalue weighted by molar-refractivity contribution is 0.174. The smallest absolute Gasteiger partial charge is 0.231 e. The Balaban J connectivity index is 1.21. The van der Waals surface area contributed by atoms with Gasteiger partial charge in [-0.05, 0) is 43.2 Å². The molecule has 0 radical (unpaired) electrons. The Morgan fingerprint density at radius 1 is 1.00 bits per heavy atom. The molecule has 0 atom stereocenters. The van der Waals surface area contributed by atoms with Crippen LogP contribution < -0.4 is 20.1 Å². The highest BCUT2D eigenvalue weighted by molar-refractivity contribution is 5.79. The fraction of sp³-hybridized carbons (Fsp3) is 0.304. The van der Waals surface area contributed by atoms with E-state index in [-0.39, 0.29) is 0 Å². The van der Waals surface area contributed by atoms with Gasteiger partial charge in [0.25, 0.3) is 0 Å². The maximum Gasteiger partial charge on any atom is 0.231 e. The average Bonchev–Trinajstić information content (AvgIpc) is 3.42. The number of benzene rings is 2. The van der Waals surface area contributed by atoms with Crippen LogP contribution in [-0.4, -0.2) is 37.9 Å². The van der Waals surface area contributed by atoms with Crippen molar-refractivity contribution >= 4 is 5.96 Å². The summed E-state index contributed by atoms with van der Waals surface area (Å²) in [6, 6.07) is 14.2. The van der Waals surface area contributed by atoms with E-state index in [0.717, 1.165) is 48.1 Å². The summed E-state index contributed by atoms with van der Waals surface area (Å²) in [4.78, 5) is 8.85. The molecule has 1 aliphatic heterocycles. The van der Waals surface area contributed by atoms with E-state index in [1.54, 1.807) is 13.3 Å². The second kappa shape index (κ2) is 9.35. The van der Waals surface area contributed by atoms with Crippen LogP contribution in [0.1, 0.15) is 16.8 Å². The Labute approximate surface area is 176 Å². The minimum Gasteiger partial charge on any atom is -0.454 e. The minimum atomic E-state index is 0.297. The number of aliphatic imine (C=N–C) groups is 1. The Kier molecular flexibility index (Phi) is 6.17. The Hall–Kier alpha value is -3.48. The molecule has 0 spiro atoms. The molecular formula is C23H26N4O3. The molecule has 0 bridgehead atoms. The summed E-state index contributed by atoms with van der Waals surface area (Å²) in [7, 11) is 1.77. The van der Waals surface area contributed by atoms with Crippen LogP contribution in [0.15, 0.2) is 58.1 Å². The van der Waals surface area contributed by atoms with Crippen molar-refractivity contribution in [2.24, 2.45) is 4.99 Å². The lowest BCUT2D eigenvalue weighted by Crippen LogP contribution is -2.39. The summed E-state index contributed by atoms with van der Waals surface area (Å²) in [5, 5.41) is 6.65. The van der Waals surface area contributed by atoms with Crippen molar-refractivity contribution in [1.29, 1.82) is 0 Å². The molecule has 3 aromatic rings. The van der Waals surface area contributed by atoms with E-state index in [1.165, 1.54) is 11.1 Å². The highest BCUT2D eigenvalue weighted by Gasteiger charge is 2.13. The summed E-state index contributed by atoms with van der Waals surface area (Å²) in [6.07, 6.45) is 3.32. The van der Waals surface area contributed by atoms with E-state index in [0.29, 0.717) is 19.2 Å². The maximum atomic E-state index is 5.62. The normalized spacial score (nSPS) is 12.8. The molecule has 0 saturated heterocycles. The third kappa shape index (κ3) is 4.92. The second-order valence-electron chi connectivity index (χ2n) is 7.12. The van der Waals surface area contributed by atoms with Crippen LogP contribution in [0, 0.1) is 6.92 Å². The number of aryl methyl sites for hydroxylation is 1. The van der Waals surface area contributed by atoms with E-state index in [2.05, 4.69) is 45.7 Å². The first-order valence-corrected chi connectivity index (χ1v) is 10.1. The molecule has 0 saturated carbocycles. The standard InChI is InChI=1S/C23H26N4O3/c1-16-3-6-18(7-4-16)22-27-19(14-28-22)10-12-26-23(24-2)25-11-9-17-5-8-20-21(13-17)30-15-29-20/h3-8,13-14H,9-12,15H2,1-2H3,(H2,24,25,26). The van der Waals surface area contributed by atoms with E-state index in [9.17, 15) is 0 Å². The van der Waals surface area contributed by atoms with Gasteiger partial charge in [-0.15, -0.1) is 0 Å². The minimum absolute atomic E-state index is 0.297. The monoisotopic (exact) mass is 406 g/mol. The van der Waals surface area contributed by atoms with E-state index in [4.69, 9.17) is 13.9 Å². The van der Waals surface area contributed by atoms with Crippen LogP contribution in [0.5, 0.6) is 11.5 Å². The van der Waals surface area contributed by atoms with Crippen molar-refractivity contribution in [1.82, 2.24) is 15.6 Å². The van der Waals surface area contributed by atoms with Crippen molar-refractivity contribution in [3.05, 3.63) is 65.5 Å². The first-order chi connectivity index (χ1) is 14.7. The van der Waals surface area contributed by atoms with Crippen LogP contribution >= 0.6 is 0 Å². The van der Waals surface area contributed by atoms with E-state index >= 15 is 0 Å². The molecule has 4 rings (SSSR count). The maximum absolute atomic E-state index is 5.62. The van der Waals surface area contributed by atoms with Gasteiger partial charge in [-0.1, -0.05) is 23.8 Å². The molecule has 7 nitrogen and oxygen atoms in total. The molecule has 0 amide bonds. The third-order valence-corrected chi connectivity index (χ3v) is 4.89. The summed E-state index contributed by atoms with van der Waals surface area (Å²) >= 11 is 0. The molecule has 156 valence electrons. The van der Waals surface area contributed by atoms with Crippen molar-refractivity contribution in [2.45, 2.75) is 19.8 Å². The molecule has 7 heteroatoms. The number of guanidine groups is 1. The zero-order valence-corrected chi connectivity index (χ0v) is 17.3. The number of fused-ring (bicyclic) bond motifs is 1. The fourth-order valence-corrected chi connectivity index (χ4v) is 3.20. The highest BCUT2D eigenvalue weighted by Crippen LogP contribution is 2.32. The van der Waals surface area contributed by atoms with Crippen molar-refractivity contribution < 1.29 is 13.9 Å². The number of hydrogen-bond donors (Lipinski definition) is 2. The molecule has 2 aromatic carbocycles. The zero-order chi connectivity index (χ0) is 20.8. The van der Waals surface area contributed by atoms with Gasteiger partial charge in [-0.3, -0.25) is 4.99 Å². The Morgan fingerprint density at radius 2 is 1.77 bits per heavy atom. The van der Waals surface area contributed by atoms with Gasteiger partial charge in [0.15, 0.2) is 17.5 Å². The van der Waals surface area contributed by atoms with Crippen LogP contribution in [0.25, 0.3) is 11.5 Å². The first kappa shape index (κ1) is 19.8. The van der Waals surface area contributed by atoms with Crippen molar-refractivity contribution in [3.8, 4) is 23.0 Å². The molecule has 1 aliphatic rings. The number of oxazole rings is 1. The molecule has 1 aromatic heterocycles. The Bertz CT molecular complexity index is 1010. The predicted molar refractivity (Wildman–Crippen MR) is 116 cm³/mol. The van der Waals surface area contributed by atoms with Gasteiger partial charge >= 0.3 is 0 Å². The van der Waals surface area contributed by atoms with E-state index < -0.39 is 0 Å². The number of hydrogen-bond acceptors (Lipinski definition) is 5. The van der Waals surface area contributed by atoms with Gasteiger partial charge in [0, 0.05) is 32.1 Å². The number of nitrogens with zero attached hydrogens (tertiary/aromatic N) is 2. The van der Waals surface area contributed by atoms with Gasteiger partial charge in [-0.2, -0.15) is 0 Å². The van der Waals surface area contributed by atoms with Crippen molar-refractivity contribution in [2.75, 3.05) is 26.9 Å². The molecule has 0 fully saturated rings. The lowest BCUT2D eigenvalue weighted by atomic mass is 10.1. The summed E-state index contributed by atoms with van der Waals surface area (Å²) in [6.45, 7) is 3.84. The number of aromatic nitrogens is 1. The quantitative estimate of drug-likeness (QED) is 0.463. The number of rotatable bonds is 7. The molecule has 30 heavy (non-hydrogen) atoms. The van der Waals surface area contributed by atoms with Crippen LogP contribution in [0.2, 0.25) is 0 Å². The fourth-order valence-electron chi connectivity index (χ4n) is 3.20. The second-order valence-corrected chi connectivity index (χ2v) is 7.12. The Morgan fingerprint density at radius 3 is 2.57 bits per heavy atom.